The molecule has 16 heavy (non-hydrogen) atoms. The minimum atomic E-state index is 0.344. The lowest BCUT2D eigenvalue weighted by Gasteiger charge is -2.01. The summed E-state index contributed by atoms with van der Waals surface area (Å²) in [6, 6.07) is 13.0. The number of hydrogen-bond acceptors (Lipinski definition) is 3. The maximum absolute atomic E-state index is 6.08. The quantitative estimate of drug-likeness (QED) is 0.808. The Balaban J connectivity index is 2.36. The third-order valence-electron chi connectivity index (χ3n) is 2.04. The van der Waals surface area contributed by atoms with Gasteiger partial charge in [-0.3, -0.25) is 0 Å². The van der Waals surface area contributed by atoms with Gasteiger partial charge in [-0.2, -0.15) is 0 Å². The van der Waals surface area contributed by atoms with Crippen LogP contribution in [0.2, 0.25) is 0 Å². The summed E-state index contributed by atoms with van der Waals surface area (Å²) in [7, 11) is 0. The maximum Gasteiger partial charge on any atom is 0.140 e. The molecule has 1 aromatic carbocycles. The standard InChI is InChI=1S/C12H10ClN3/c13-11(10-7-4-8-15-12(10)14)16-9-5-2-1-3-6-9/h1-8H,(H2,14,15). The second-order valence-electron chi connectivity index (χ2n) is 3.17. The predicted octanol–water partition coefficient (Wildman–Crippen LogP) is 2.98. The average Bonchev–Trinajstić information content (AvgIpc) is 2.31. The summed E-state index contributed by atoms with van der Waals surface area (Å²) in [5, 5.41) is 0.344. The van der Waals surface area contributed by atoms with Crippen LogP contribution in [-0.2, 0) is 0 Å². The van der Waals surface area contributed by atoms with Gasteiger partial charge in [0, 0.05) is 6.20 Å². The fourth-order valence-corrected chi connectivity index (χ4v) is 1.53. The normalized spacial score (nSPS) is 11.4. The maximum atomic E-state index is 6.08. The number of anilines is 1. The summed E-state index contributed by atoms with van der Waals surface area (Å²) < 4.78 is 0. The Bertz CT molecular complexity index is 509. The van der Waals surface area contributed by atoms with Crippen LogP contribution in [0.5, 0.6) is 0 Å². The van der Waals surface area contributed by atoms with Gasteiger partial charge in [-0.25, -0.2) is 9.98 Å². The molecular weight excluding hydrogens is 222 g/mol. The number of rotatable bonds is 2. The highest BCUT2D eigenvalue weighted by Gasteiger charge is 2.04. The van der Waals surface area contributed by atoms with Gasteiger partial charge in [0.25, 0.3) is 0 Å². The monoisotopic (exact) mass is 231 g/mol. The van der Waals surface area contributed by atoms with Crippen LogP contribution >= 0.6 is 11.6 Å². The number of benzene rings is 1. The molecule has 0 amide bonds. The van der Waals surface area contributed by atoms with Crippen molar-refractivity contribution in [1.29, 1.82) is 0 Å². The molecule has 0 atom stereocenters. The Hall–Kier alpha value is -1.87. The Morgan fingerprint density at radius 1 is 1.12 bits per heavy atom. The molecule has 4 heteroatoms. The number of pyridine rings is 1. The Morgan fingerprint density at radius 3 is 2.56 bits per heavy atom. The zero-order valence-corrected chi connectivity index (χ0v) is 9.22. The highest BCUT2D eigenvalue weighted by molar-refractivity contribution is 6.70. The van der Waals surface area contributed by atoms with Gasteiger partial charge in [0.2, 0.25) is 0 Å². The van der Waals surface area contributed by atoms with Crippen LogP contribution in [0.4, 0.5) is 11.5 Å². The number of aromatic nitrogens is 1. The summed E-state index contributed by atoms with van der Waals surface area (Å²) >= 11 is 6.08. The van der Waals surface area contributed by atoms with Gasteiger partial charge in [0.1, 0.15) is 11.0 Å². The number of aliphatic imine (C=N–C) groups is 1. The lowest BCUT2D eigenvalue weighted by Crippen LogP contribution is -2.00. The van der Waals surface area contributed by atoms with E-state index < -0.39 is 0 Å². The smallest absolute Gasteiger partial charge is 0.140 e. The van der Waals surface area contributed by atoms with Crippen molar-refractivity contribution in [3.05, 3.63) is 54.2 Å². The van der Waals surface area contributed by atoms with Crippen molar-refractivity contribution in [3.8, 4) is 0 Å². The molecule has 2 aromatic rings. The second-order valence-corrected chi connectivity index (χ2v) is 3.53. The molecular formula is C12H10ClN3. The number of nitrogens with zero attached hydrogens (tertiary/aromatic N) is 2. The molecule has 80 valence electrons. The lowest BCUT2D eigenvalue weighted by atomic mass is 10.2. The number of hydrogen-bond donors (Lipinski definition) is 1. The minimum absolute atomic E-state index is 0.344. The zero-order chi connectivity index (χ0) is 11.4. The molecule has 0 unspecified atom stereocenters. The van der Waals surface area contributed by atoms with Gasteiger partial charge >= 0.3 is 0 Å². The third-order valence-corrected chi connectivity index (χ3v) is 2.33. The second kappa shape index (κ2) is 4.77. The molecule has 0 radical (unpaired) electrons. The predicted molar refractivity (Wildman–Crippen MR) is 67.1 cm³/mol. The first-order chi connectivity index (χ1) is 7.77. The van der Waals surface area contributed by atoms with E-state index in [1.165, 1.54) is 0 Å². The molecule has 1 heterocycles. The minimum Gasteiger partial charge on any atom is -0.383 e. The van der Waals surface area contributed by atoms with Crippen molar-refractivity contribution in [1.82, 2.24) is 4.98 Å². The van der Waals surface area contributed by atoms with Gasteiger partial charge in [-0.1, -0.05) is 29.8 Å². The zero-order valence-electron chi connectivity index (χ0n) is 8.47. The lowest BCUT2D eigenvalue weighted by molar-refractivity contribution is 1.32. The molecule has 1 aromatic heterocycles. The largest absolute Gasteiger partial charge is 0.383 e. The number of nitrogen functional groups attached to an aromatic ring is 1. The fourth-order valence-electron chi connectivity index (χ4n) is 1.27. The van der Waals surface area contributed by atoms with Gasteiger partial charge in [-0.15, -0.1) is 0 Å². The van der Waals surface area contributed by atoms with Crippen molar-refractivity contribution in [2.24, 2.45) is 4.99 Å². The van der Waals surface area contributed by atoms with Crippen molar-refractivity contribution in [3.63, 3.8) is 0 Å². The first-order valence-corrected chi connectivity index (χ1v) is 5.15. The molecule has 0 aliphatic rings. The summed E-state index contributed by atoms with van der Waals surface area (Å²) in [5.41, 5.74) is 7.13. The molecule has 0 aliphatic carbocycles. The highest BCUT2D eigenvalue weighted by atomic mass is 35.5. The molecule has 0 saturated carbocycles. The Kier molecular flexibility index (Phi) is 3.17. The first kappa shape index (κ1) is 10.6. The molecule has 0 saturated heterocycles. The van der Waals surface area contributed by atoms with E-state index in [1.807, 2.05) is 30.3 Å². The Labute approximate surface area is 98.6 Å². The van der Waals surface area contributed by atoms with E-state index in [1.54, 1.807) is 18.3 Å². The molecule has 2 rings (SSSR count). The van der Waals surface area contributed by atoms with Crippen molar-refractivity contribution in [2.75, 3.05) is 5.73 Å². The van der Waals surface area contributed by atoms with Crippen LogP contribution in [0.1, 0.15) is 5.56 Å². The van der Waals surface area contributed by atoms with E-state index in [-0.39, 0.29) is 0 Å². The number of para-hydroxylation sites is 1. The van der Waals surface area contributed by atoms with E-state index in [2.05, 4.69) is 9.98 Å². The molecule has 2 N–H and O–H groups in total. The van der Waals surface area contributed by atoms with Gasteiger partial charge in [-0.05, 0) is 24.3 Å². The molecule has 0 aliphatic heterocycles. The van der Waals surface area contributed by atoms with Crippen LogP contribution in [0.25, 0.3) is 0 Å². The van der Waals surface area contributed by atoms with E-state index in [0.717, 1.165) is 5.69 Å². The number of nitrogens with two attached hydrogens (primary N) is 1. The average molecular weight is 232 g/mol. The summed E-state index contributed by atoms with van der Waals surface area (Å²) in [5.74, 6) is 0.382. The van der Waals surface area contributed by atoms with Crippen LogP contribution < -0.4 is 5.73 Å². The SMILES string of the molecule is Nc1ncccc1C(Cl)=Nc1ccccc1. The van der Waals surface area contributed by atoms with Crippen LogP contribution in [0.15, 0.2) is 53.7 Å². The molecule has 3 nitrogen and oxygen atoms in total. The number of halogens is 1. The highest BCUT2D eigenvalue weighted by Crippen LogP contribution is 2.17. The fraction of sp³-hybridized carbons (Fsp3) is 0. The third kappa shape index (κ3) is 2.38. The van der Waals surface area contributed by atoms with Crippen molar-refractivity contribution in [2.45, 2.75) is 0 Å². The summed E-state index contributed by atoms with van der Waals surface area (Å²) in [6.45, 7) is 0. The van der Waals surface area contributed by atoms with Crippen LogP contribution in [-0.4, -0.2) is 10.2 Å². The van der Waals surface area contributed by atoms with E-state index in [9.17, 15) is 0 Å². The summed E-state index contributed by atoms with van der Waals surface area (Å²) in [6.07, 6.45) is 1.62. The van der Waals surface area contributed by atoms with E-state index in [4.69, 9.17) is 17.3 Å². The van der Waals surface area contributed by atoms with Crippen LogP contribution in [0.3, 0.4) is 0 Å². The first-order valence-electron chi connectivity index (χ1n) is 4.77. The van der Waals surface area contributed by atoms with Gasteiger partial charge in [0.05, 0.1) is 11.3 Å². The van der Waals surface area contributed by atoms with Crippen LogP contribution in [0, 0.1) is 0 Å². The van der Waals surface area contributed by atoms with E-state index in [0.29, 0.717) is 16.6 Å². The van der Waals surface area contributed by atoms with Gasteiger partial charge < -0.3 is 5.73 Å². The van der Waals surface area contributed by atoms with Crippen molar-refractivity contribution >= 4 is 28.3 Å². The molecule has 0 spiro atoms. The van der Waals surface area contributed by atoms with Crippen molar-refractivity contribution < 1.29 is 0 Å². The molecule has 0 fully saturated rings. The summed E-state index contributed by atoms with van der Waals surface area (Å²) in [4.78, 5) is 8.21. The van der Waals surface area contributed by atoms with E-state index >= 15 is 0 Å². The molecule has 0 bridgehead atoms. The topological polar surface area (TPSA) is 51.3 Å². The van der Waals surface area contributed by atoms with Gasteiger partial charge in [0.15, 0.2) is 0 Å². The Morgan fingerprint density at radius 2 is 1.88 bits per heavy atom.